The van der Waals surface area contributed by atoms with E-state index in [4.69, 9.17) is 0 Å². The highest BCUT2D eigenvalue weighted by Crippen LogP contribution is 2.29. The first-order valence-corrected chi connectivity index (χ1v) is 3.00. The van der Waals surface area contributed by atoms with Crippen molar-refractivity contribution in [2.45, 2.75) is 0 Å². The minimum Gasteiger partial charge on any atom is -0.251 e. The summed E-state index contributed by atoms with van der Waals surface area (Å²) in [5.41, 5.74) is 4.31. The molecule has 3 N–H and O–H groups in total. The van der Waals surface area contributed by atoms with Crippen molar-refractivity contribution in [2.24, 2.45) is 5.50 Å². The largest absolute Gasteiger partial charge is 0.374 e. The molecule has 38 valence electrons. The molecule has 0 saturated heterocycles. The molecule has 1 atom stereocenters. The lowest BCUT2D eigenvalue weighted by molar-refractivity contribution is 0.533. The van der Waals surface area contributed by atoms with E-state index in [2.05, 4.69) is 5.50 Å². The van der Waals surface area contributed by atoms with Crippen molar-refractivity contribution in [3.05, 3.63) is 0 Å². The van der Waals surface area contributed by atoms with Crippen LogP contribution in [0.4, 0.5) is 4.20 Å². The smallest absolute Gasteiger partial charge is 0.251 e. The third-order valence-corrected chi connectivity index (χ3v) is 0.915. The Bertz CT molecular complexity index is 77.6. The molecule has 0 amide bonds. The SMILES string of the molecule is CNP(N)(=O)F. The first kappa shape index (κ1) is 6.08. The van der Waals surface area contributed by atoms with Crippen LogP contribution in [0.15, 0.2) is 0 Å². The fourth-order valence-corrected chi connectivity index (χ4v) is 0. The van der Waals surface area contributed by atoms with Gasteiger partial charge >= 0.3 is 7.75 Å². The summed E-state index contributed by atoms with van der Waals surface area (Å²) in [6, 6.07) is 0. The molecule has 0 fully saturated rings. The van der Waals surface area contributed by atoms with Gasteiger partial charge in [0.15, 0.2) is 0 Å². The fourth-order valence-electron chi connectivity index (χ4n) is 0. The highest BCUT2D eigenvalue weighted by molar-refractivity contribution is 7.53. The molecule has 0 radical (unpaired) electrons. The summed E-state index contributed by atoms with van der Waals surface area (Å²) < 4.78 is 20.9. The number of hydrogen-bond acceptors (Lipinski definition) is 1. The minimum atomic E-state index is -3.90. The van der Waals surface area contributed by atoms with Gasteiger partial charge in [0.2, 0.25) is 0 Å². The Balaban J connectivity index is 3.48. The van der Waals surface area contributed by atoms with Crippen molar-refractivity contribution in [3.63, 3.8) is 0 Å². The Morgan fingerprint density at radius 2 is 2.17 bits per heavy atom. The third-order valence-electron chi connectivity index (χ3n) is 0.305. The number of nitrogens with one attached hydrogen (secondary N) is 1. The molecule has 3 nitrogen and oxygen atoms in total. The summed E-state index contributed by atoms with van der Waals surface area (Å²) in [7, 11) is -2.70. The number of rotatable bonds is 1. The third kappa shape index (κ3) is 4.08. The maximum atomic E-state index is 11.3. The van der Waals surface area contributed by atoms with Crippen LogP contribution in [0.25, 0.3) is 0 Å². The highest BCUT2D eigenvalue weighted by atomic mass is 31.2. The van der Waals surface area contributed by atoms with E-state index in [9.17, 15) is 8.76 Å². The molecule has 0 aromatic rings. The predicted molar refractivity (Wildman–Crippen MR) is 22.0 cm³/mol. The molecule has 0 aliphatic heterocycles. The Labute approximate surface area is 35.3 Å². The van der Waals surface area contributed by atoms with E-state index in [1.54, 1.807) is 5.09 Å². The summed E-state index contributed by atoms with van der Waals surface area (Å²) in [4.78, 5) is 0. The van der Waals surface area contributed by atoms with Crippen LogP contribution >= 0.6 is 7.75 Å². The average Bonchev–Trinajstić information content (AvgIpc) is 1.35. The van der Waals surface area contributed by atoms with Crippen LogP contribution in [-0.4, -0.2) is 7.05 Å². The van der Waals surface area contributed by atoms with Crippen LogP contribution in [0.1, 0.15) is 0 Å². The maximum absolute atomic E-state index is 11.3. The summed E-state index contributed by atoms with van der Waals surface area (Å²) in [6.07, 6.45) is 0. The first-order chi connectivity index (χ1) is 2.56. The van der Waals surface area contributed by atoms with Crippen molar-refractivity contribution in [1.29, 1.82) is 0 Å². The normalized spacial score (nSPS) is 19.8. The molecular weight excluding hydrogens is 106 g/mol. The lowest BCUT2D eigenvalue weighted by Gasteiger charge is -1.93. The number of halogens is 1. The van der Waals surface area contributed by atoms with E-state index in [0.717, 1.165) is 0 Å². The second-order valence-corrected chi connectivity index (χ2v) is 2.40. The molecule has 0 bridgehead atoms. The topological polar surface area (TPSA) is 55.1 Å². The molecular formula is CH6FN2OP. The zero-order chi connectivity index (χ0) is 5.21. The van der Waals surface area contributed by atoms with Gasteiger partial charge in [0.1, 0.15) is 0 Å². The van der Waals surface area contributed by atoms with Crippen LogP contribution in [0.5, 0.6) is 0 Å². The van der Waals surface area contributed by atoms with Crippen molar-refractivity contribution >= 4 is 7.75 Å². The van der Waals surface area contributed by atoms with Crippen LogP contribution in [-0.2, 0) is 4.57 Å². The Kier molecular flexibility index (Phi) is 1.71. The molecule has 6 heavy (non-hydrogen) atoms. The van der Waals surface area contributed by atoms with Gasteiger partial charge in [-0.1, -0.05) is 0 Å². The number of hydrogen-bond donors (Lipinski definition) is 2. The Morgan fingerprint density at radius 3 is 2.17 bits per heavy atom. The molecule has 1 unspecified atom stereocenters. The van der Waals surface area contributed by atoms with Crippen LogP contribution in [0.3, 0.4) is 0 Å². The van der Waals surface area contributed by atoms with Gasteiger partial charge < -0.3 is 0 Å². The number of nitrogens with two attached hydrogens (primary N) is 1. The van der Waals surface area contributed by atoms with Gasteiger partial charge in [-0.15, -0.1) is 0 Å². The Hall–Kier alpha value is 0.0800. The van der Waals surface area contributed by atoms with E-state index >= 15 is 0 Å². The lowest BCUT2D eigenvalue weighted by Crippen LogP contribution is -2.04. The summed E-state index contributed by atoms with van der Waals surface area (Å²) >= 11 is 0. The van der Waals surface area contributed by atoms with E-state index in [-0.39, 0.29) is 0 Å². The summed E-state index contributed by atoms with van der Waals surface area (Å²) in [6.45, 7) is 0. The van der Waals surface area contributed by atoms with Gasteiger partial charge in [-0.3, -0.25) is 4.57 Å². The van der Waals surface area contributed by atoms with Crippen molar-refractivity contribution in [1.82, 2.24) is 5.09 Å². The summed E-state index contributed by atoms with van der Waals surface area (Å²) in [5.74, 6) is 0. The van der Waals surface area contributed by atoms with E-state index < -0.39 is 7.75 Å². The second-order valence-electron chi connectivity index (χ2n) is 0.801. The molecule has 5 heteroatoms. The highest BCUT2D eigenvalue weighted by Gasteiger charge is 2.05. The zero-order valence-corrected chi connectivity index (χ0v) is 4.21. The predicted octanol–water partition coefficient (Wildman–Crippen LogP) is 0.242. The van der Waals surface area contributed by atoms with E-state index in [0.29, 0.717) is 0 Å². The van der Waals surface area contributed by atoms with Crippen LogP contribution < -0.4 is 10.6 Å². The van der Waals surface area contributed by atoms with Crippen molar-refractivity contribution in [3.8, 4) is 0 Å². The standard InChI is InChI=1S/CH6FN2OP/c1-4-6(2,3)5/h1H3,(H3,3,4,5). The molecule has 0 saturated carbocycles. The van der Waals surface area contributed by atoms with Gasteiger partial charge in [0.25, 0.3) is 0 Å². The molecule has 0 rings (SSSR count). The molecule has 0 aromatic heterocycles. The van der Waals surface area contributed by atoms with Gasteiger partial charge in [-0.2, -0.15) is 4.20 Å². The average molecular weight is 112 g/mol. The van der Waals surface area contributed by atoms with Crippen LogP contribution in [0.2, 0.25) is 0 Å². The van der Waals surface area contributed by atoms with Gasteiger partial charge in [0, 0.05) is 0 Å². The van der Waals surface area contributed by atoms with Crippen molar-refractivity contribution < 1.29 is 8.76 Å². The van der Waals surface area contributed by atoms with E-state index in [1.165, 1.54) is 7.05 Å². The zero-order valence-electron chi connectivity index (χ0n) is 3.31. The lowest BCUT2D eigenvalue weighted by atomic mass is 11.6. The molecule has 0 aliphatic carbocycles. The molecule has 0 heterocycles. The first-order valence-electron chi connectivity index (χ1n) is 1.33. The fraction of sp³-hybridized carbons (Fsp3) is 1.00. The quantitative estimate of drug-likeness (QED) is 0.478. The van der Waals surface area contributed by atoms with Gasteiger partial charge in [0.05, 0.1) is 0 Å². The second kappa shape index (κ2) is 1.69. The maximum Gasteiger partial charge on any atom is 0.374 e. The van der Waals surface area contributed by atoms with Gasteiger partial charge in [-0.25, -0.2) is 10.6 Å². The Morgan fingerprint density at radius 1 is 2.00 bits per heavy atom. The molecule has 0 aliphatic rings. The van der Waals surface area contributed by atoms with Crippen LogP contribution in [0, 0.1) is 0 Å². The van der Waals surface area contributed by atoms with E-state index in [1.807, 2.05) is 0 Å². The molecule has 0 spiro atoms. The monoisotopic (exact) mass is 112 g/mol. The summed E-state index contributed by atoms with van der Waals surface area (Å²) in [5, 5.41) is 1.77. The van der Waals surface area contributed by atoms with Crippen molar-refractivity contribution in [2.75, 3.05) is 7.05 Å². The molecule has 0 aromatic carbocycles. The minimum absolute atomic E-state index is 1.20. The van der Waals surface area contributed by atoms with Gasteiger partial charge in [-0.05, 0) is 7.05 Å².